The van der Waals surface area contributed by atoms with Crippen molar-refractivity contribution in [1.29, 1.82) is 0 Å². The number of benzene rings is 17. The van der Waals surface area contributed by atoms with Crippen LogP contribution >= 0.6 is 0 Å². The highest BCUT2D eigenvalue weighted by atomic mass is 28.3. The van der Waals surface area contributed by atoms with Gasteiger partial charge in [0.05, 0.1) is 12.5 Å². The Balaban J connectivity index is 1.02. The molecular weight excluding hydrogens is 1370 g/mol. The minimum Gasteiger partial charge on any atom is -0.311 e. The van der Waals surface area contributed by atoms with E-state index in [0.29, 0.717) is 5.56 Å². The number of hydrogen-bond donors (Lipinski definition) is 0. The van der Waals surface area contributed by atoms with E-state index in [0.717, 1.165) is 117 Å². The lowest BCUT2D eigenvalue weighted by atomic mass is 9.33. The zero-order chi connectivity index (χ0) is 78.8. The number of nitrogens with zero attached hydrogens (tertiary/aromatic N) is 2. The van der Waals surface area contributed by atoms with Gasteiger partial charge in [-0.2, -0.15) is 0 Å². The largest absolute Gasteiger partial charge is 0.311 e. The maximum atomic E-state index is 9.77. The summed E-state index contributed by atoms with van der Waals surface area (Å²) in [6.45, 7) is 6.47. The minimum atomic E-state index is -3.71. The summed E-state index contributed by atoms with van der Waals surface area (Å²) >= 11 is 0. The first-order valence-electron chi connectivity index (χ1n) is 40.9. The molecule has 19 rings (SSSR count). The first-order valence-corrected chi connectivity index (χ1v) is 42.4. The smallest absolute Gasteiger partial charge is 0.252 e. The summed E-state index contributed by atoms with van der Waals surface area (Å²) in [7, 11) is -7.15. The second-order valence-corrected chi connectivity index (χ2v) is 37.9. The molecule has 0 radical (unpaired) electrons. The predicted octanol–water partition coefficient (Wildman–Crippen LogP) is 19.8. The minimum absolute atomic E-state index is 0.128. The molecule has 0 fully saturated rings. The van der Waals surface area contributed by atoms with Gasteiger partial charge in [0.2, 0.25) is 0 Å². The first-order chi connectivity index (χ1) is 56.7. The van der Waals surface area contributed by atoms with Gasteiger partial charge in [-0.05, 0) is 185 Å². The molecule has 2 heterocycles. The van der Waals surface area contributed by atoms with E-state index >= 15 is 0 Å². The second kappa shape index (κ2) is 28.8. The summed E-state index contributed by atoms with van der Waals surface area (Å²) in [5, 5.41) is 9.74. The fourth-order valence-corrected chi connectivity index (χ4v) is 27.4. The summed E-state index contributed by atoms with van der Waals surface area (Å²) in [6, 6.07) is 149. The maximum Gasteiger partial charge on any atom is 0.252 e. The van der Waals surface area contributed by atoms with Crippen molar-refractivity contribution in [3.05, 3.63) is 442 Å². The van der Waals surface area contributed by atoms with Gasteiger partial charge in [0.1, 0.15) is 0 Å². The summed E-state index contributed by atoms with van der Waals surface area (Å²) in [5.74, 6) is 0. The van der Waals surface area contributed by atoms with E-state index in [2.05, 4.69) is 413 Å². The van der Waals surface area contributed by atoms with Crippen LogP contribution in [0.15, 0.2) is 437 Å². The van der Waals surface area contributed by atoms with Crippen molar-refractivity contribution in [2.75, 3.05) is 9.80 Å². The third kappa shape index (κ3) is 12.1. The van der Waals surface area contributed by atoms with Gasteiger partial charge < -0.3 is 9.80 Å². The molecule has 0 unspecified atom stereocenters. The van der Waals surface area contributed by atoms with Crippen LogP contribution in [0.3, 0.4) is 0 Å². The third-order valence-corrected chi connectivity index (χ3v) is 32.4. The molecule has 2 nitrogen and oxygen atoms in total. The normalized spacial score (nSPS) is 13.0. The molecule has 0 N–H and O–H groups in total. The van der Waals surface area contributed by atoms with Crippen molar-refractivity contribution in [2.24, 2.45) is 0 Å². The van der Waals surface area contributed by atoms with E-state index in [9.17, 15) is 5.48 Å². The molecular formula is C106H81BN2Si2. The van der Waals surface area contributed by atoms with Crippen LogP contribution in [0.5, 0.6) is 0 Å². The van der Waals surface area contributed by atoms with Crippen LogP contribution in [0.2, 0.25) is 0 Å². The molecule has 17 aromatic carbocycles. The van der Waals surface area contributed by atoms with Crippen molar-refractivity contribution < 1.29 is 6.85 Å². The Labute approximate surface area is 662 Å². The highest BCUT2D eigenvalue weighted by Gasteiger charge is 2.50. The number of fused-ring (bicyclic) bond motifs is 4. The first kappa shape index (κ1) is 62.8. The van der Waals surface area contributed by atoms with E-state index in [1.165, 1.54) is 36.3 Å². The Morgan fingerprint density at radius 3 is 1.07 bits per heavy atom. The van der Waals surface area contributed by atoms with Gasteiger partial charge in [-0.25, -0.2) is 0 Å². The topological polar surface area (TPSA) is 6.48 Å². The highest BCUT2D eigenvalue weighted by Crippen LogP contribution is 2.49. The van der Waals surface area contributed by atoms with Gasteiger partial charge in [-0.15, -0.1) is 0 Å². The molecule has 0 saturated carbocycles. The molecule has 0 aromatic heterocycles. The van der Waals surface area contributed by atoms with E-state index in [-0.39, 0.29) is 23.1 Å². The molecule has 0 atom stereocenters. The van der Waals surface area contributed by atoms with Crippen molar-refractivity contribution in [2.45, 2.75) is 26.2 Å². The molecule has 0 spiro atoms. The molecule has 5 heteroatoms. The van der Waals surface area contributed by atoms with Gasteiger partial charge in [-0.1, -0.05) is 403 Å². The van der Waals surface area contributed by atoms with Crippen LogP contribution in [0.4, 0.5) is 34.1 Å². The van der Waals surface area contributed by atoms with E-state index < -0.39 is 41.0 Å². The van der Waals surface area contributed by atoms with Crippen LogP contribution in [0.1, 0.15) is 33.2 Å². The molecule has 526 valence electrons. The Morgan fingerprint density at radius 1 is 0.243 bits per heavy atom. The lowest BCUT2D eigenvalue weighted by Crippen LogP contribution is -2.75. The molecule has 17 aromatic rings. The molecule has 111 heavy (non-hydrogen) atoms. The standard InChI is InChI=1S/C106H81BN2Si2/c1-106(2,3)87-61-63-98-101(72-87)108(88-67-85(79-42-20-7-21-43-79)66-86(68-88)80-44-22-8-23-45-80)103-74-96(111(91-54-30-12-31-55-91,92-56-32-13-33-57-92)94-59-35-49-83(70-94)77-38-16-5-17-39-77)75-104-105(103)107(98)99-64-62-95(73-102(99)109(104)100-65-60-84(78-40-18-6-19-41-78)71-97(100)81-46-24-9-25-47-81)110(89-50-26-10-27-51-89,90-52-28-11-29-53-90)93-58-34-48-82(69-93)76-36-14-4-15-37-76/h4-75H,1-3H3/i7D,20D,21D,42D,43D. The molecule has 2 aliphatic heterocycles. The van der Waals surface area contributed by atoms with Crippen molar-refractivity contribution in [3.63, 3.8) is 0 Å². The molecule has 2 aliphatic rings. The molecule has 0 aliphatic carbocycles. The molecule has 0 amide bonds. The fourth-order valence-electron chi connectivity index (χ4n) is 17.8. The average molecular weight is 1450 g/mol. The predicted molar refractivity (Wildman–Crippen MR) is 479 cm³/mol. The molecule has 0 saturated heterocycles. The lowest BCUT2D eigenvalue weighted by Gasteiger charge is -2.47. The summed E-state index contributed by atoms with van der Waals surface area (Å²) in [5.41, 5.74) is 21.1. The van der Waals surface area contributed by atoms with Crippen LogP contribution < -0.4 is 67.7 Å². The SMILES string of the molecule is [2H]c1c([2H])c([2H])c(-c2cc(-c3ccccc3)cc(N3c4cc(C(C)(C)C)ccc4B4c5ccc([Si](c6ccccc6)(c6ccccc6)c6cccc(-c7ccccc7)c6)cc5N(c5ccc(-c6ccccc6)cc5-c5ccccc5)c5cc([Si](c6ccccc6)(c6ccccc6)c6cccc(-c7ccccc7)c6)cc3c54)c2)c([2H])c1[2H]. The van der Waals surface area contributed by atoms with Crippen molar-refractivity contribution in [3.8, 4) is 66.8 Å². The monoisotopic (exact) mass is 1450 g/mol. The third-order valence-electron chi connectivity index (χ3n) is 22.9. The van der Waals surface area contributed by atoms with Gasteiger partial charge in [0, 0.05) is 34.0 Å². The second-order valence-electron chi connectivity index (χ2n) is 30.3. The van der Waals surface area contributed by atoms with Gasteiger partial charge >= 0.3 is 0 Å². The van der Waals surface area contributed by atoms with Crippen LogP contribution in [-0.4, -0.2) is 22.9 Å². The summed E-state index contributed by atoms with van der Waals surface area (Å²) in [6.07, 6.45) is 0. The Bertz CT molecular complexity index is 6450. The quantitative estimate of drug-likeness (QED) is 0.0703. The van der Waals surface area contributed by atoms with Gasteiger partial charge in [-0.3, -0.25) is 0 Å². The Morgan fingerprint density at radius 2 is 0.604 bits per heavy atom. The summed E-state index contributed by atoms with van der Waals surface area (Å²) in [4.78, 5) is 5.14. The van der Waals surface area contributed by atoms with E-state index in [1.807, 2.05) is 24.3 Å². The Kier molecular flexibility index (Phi) is 16.3. The zero-order valence-corrected chi connectivity index (χ0v) is 64.2. The number of rotatable bonds is 16. The Hall–Kier alpha value is -13.2. The average Bonchev–Trinajstić information content (AvgIpc) is 0.681. The maximum absolute atomic E-state index is 9.77. The van der Waals surface area contributed by atoms with Crippen LogP contribution in [0, 0.1) is 0 Å². The lowest BCUT2D eigenvalue weighted by molar-refractivity contribution is 0.590. The number of anilines is 6. The van der Waals surface area contributed by atoms with Gasteiger partial charge in [0.15, 0.2) is 16.1 Å². The molecule has 0 bridgehead atoms. The van der Waals surface area contributed by atoms with E-state index in [4.69, 9.17) is 1.37 Å². The van der Waals surface area contributed by atoms with E-state index in [1.54, 1.807) is 0 Å². The van der Waals surface area contributed by atoms with Gasteiger partial charge in [0.25, 0.3) is 6.71 Å². The number of hydrogen-bond acceptors (Lipinski definition) is 2. The van der Waals surface area contributed by atoms with Crippen LogP contribution in [0.25, 0.3) is 66.8 Å². The summed E-state index contributed by atoms with van der Waals surface area (Å²) < 4.78 is 46.9. The fraction of sp³-hybridized carbons (Fsp3) is 0.0377. The van der Waals surface area contributed by atoms with Crippen molar-refractivity contribution in [1.82, 2.24) is 0 Å². The highest BCUT2D eigenvalue weighted by molar-refractivity contribution is 7.21. The van der Waals surface area contributed by atoms with Crippen LogP contribution in [-0.2, 0) is 5.41 Å². The zero-order valence-electron chi connectivity index (χ0n) is 67.2. The van der Waals surface area contributed by atoms with Crippen molar-refractivity contribution >= 4 is 115 Å².